The summed E-state index contributed by atoms with van der Waals surface area (Å²) in [6.45, 7) is 3.69. The Hall–Kier alpha value is -1.74. The molecule has 2 aromatic carbocycles. The number of benzene rings is 2. The van der Waals surface area contributed by atoms with E-state index in [0.29, 0.717) is 5.56 Å². The molecular weight excluding hydrogens is 270 g/mol. The van der Waals surface area contributed by atoms with Crippen molar-refractivity contribution in [2.24, 2.45) is 0 Å². The second-order valence-electron chi connectivity index (χ2n) is 4.39. The van der Waals surface area contributed by atoms with E-state index in [9.17, 15) is 13.6 Å². The van der Waals surface area contributed by atoms with Crippen LogP contribution in [0.4, 0.5) is 8.78 Å². The fraction of sp³-hybridized carbons (Fsp3) is 0.133. The van der Waals surface area contributed by atoms with Crippen LogP contribution < -0.4 is 0 Å². The highest BCUT2D eigenvalue weighted by Crippen LogP contribution is 2.24. The molecule has 0 aliphatic heterocycles. The van der Waals surface area contributed by atoms with Gasteiger partial charge in [0, 0.05) is 11.1 Å². The molecule has 0 aliphatic carbocycles. The van der Waals surface area contributed by atoms with E-state index in [1.807, 2.05) is 13.0 Å². The molecule has 0 radical (unpaired) electrons. The van der Waals surface area contributed by atoms with Crippen LogP contribution in [0.3, 0.4) is 0 Å². The fourth-order valence-electron chi connectivity index (χ4n) is 1.91. The summed E-state index contributed by atoms with van der Waals surface area (Å²) < 4.78 is 26.2. The third kappa shape index (κ3) is 2.66. The molecule has 0 amide bonds. The van der Waals surface area contributed by atoms with Crippen LogP contribution in [0.5, 0.6) is 0 Å². The zero-order valence-electron chi connectivity index (χ0n) is 10.4. The molecule has 0 aromatic heterocycles. The Kier molecular flexibility index (Phi) is 3.67. The molecule has 1 nitrogen and oxygen atoms in total. The smallest absolute Gasteiger partial charge is 0.194 e. The number of ketones is 1. The lowest BCUT2D eigenvalue weighted by atomic mass is 9.97. The van der Waals surface area contributed by atoms with Gasteiger partial charge < -0.3 is 0 Å². The number of carbonyl (C=O) groups is 1. The molecule has 0 spiro atoms. The van der Waals surface area contributed by atoms with Crippen LogP contribution in [0.25, 0.3) is 0 Å². The first kappa shape index (κ1) is 13.7. The predicted molar refractivity (Wildman–Crippen MR) is 70.7 cm³/mol. The molecule has 0 aliphatic rings. The molecule has 0 bridgehead atoms. The number of hydrogen-bond acceptors (Lipinski definition) is 1. The minimum Gasteiger partial charge on any atom is -0.289 e. The van der Waals surface area contributed by atoms with Crippen molar-refractivity contribution in [3.8, 4) is 0 Å². The van der Waals surface area contributed by atoms with Crippen molar-refractivity contribution in [2.45, 2.75) is 13.8 Å². The lowest BCUT2D eigenvalue weighted by molar-refractivity contribution is 0.103. The number of hydrogen-bond donors (Lipinski definition) is 0. The van der Waals surface area contributed by atoms with Gasteiger partial charge in [-0.25, -0.2) is 8.78 Å². The van der Waals surface area contributed by atoms with E-state index in [4.69, 9.17) is 11.6 Å². The molecular formula is C15H11ClF2O. The van der Waals surface area contributed by atoms with E-state index in [2.05, 4.69) is 0 Å². The van der Waals surface area contributed by atoms with Gasteiger partial charge in [0.25, 0.3) is 0 Å². The highest BCUT2D eigenvalue weighted by molar-refractivity contribution is 6.35. The van der Waals surface area contributed by atoms with Crippen molar-refractivity contribution in [1.82, 2.24) is 0 Å². The van der Waals surface area contributed by atoms with Gasteiger partial charge in [0.05, 0.1) is 5.02 Å². The van der Waals surface area contributed by atoms with Crippen molar-refractivity contribution in [3.05, 3.63) is 69.2 Å². The van der Waals surface area contributed by atoms with E-state index in [1.54, 1.807) is 19.1 Å². The van der Waals surface area contributed by atoms with Crippen molar-refractivity contribution in [3.63, 3.8) is 0 Å². The molecule has 0 unspecified atom stereocenters. The minimum absolute atomic E-state index is 0.0347. The Labute approximate surface area is 114 Å². The van der Waals surface area contributed by atoms with E-state index >= 15 is 0 Å². The maximum absolute atomic E-state index is 13.2. The van der Waals surface area contributed by atoms with E-state index < -0.39 is 17.4 Å². The first-order valence-electron chi connectivity index (χ1n) is 5.66. The predicted octanol–water partition coefficient (Wildman–Crippen LogP) is 4.47. The molecule has 0 atom stereocenters. The number of aryl methyl sites for hydroxylation is 2. The number of rotatable bonds is 2. The molecule has 0 heterocycles. The normalized spacial score (nSPS) is 10.6. The fourth-order valence-corrected chi connectivity index (χ4v) is 2.15. The molecule has 0 saturated carbocycles. The summed E-state index contributed by atoms with van der Waals surface area (Å²) in [7, 11) is 0. The van der Waals surface area contributed by atoms with Crippen LogP contribution in [-0.4, -0.2) is 5.78 Å². The van der Waals surface area contributed by atoms with Crippen molar-refractivity contribution >= 4 is 17.4 Å². The lowest BCUT2D eigenvalue weighted by Gasteiger charge is -2.08. The van der Waals surface area contributed by atoms with Crippen molar-refractivity contribution in [2.75, 3.05) is 0 Å². The SMILES string of the molecule is Cc1ccc(C(=O)c2cc(F)c(F)cc2Cl)c(C)c1. The van der Waals surface area contributed by atoms with Crippen LogP contribution in [0, 0.1) is 25.5 Å². The zero-order valence-corrected chi connectivity index (χ0v) is 11.2. The Bertz CT molecular complexity index is 665. The largest absolute Gasteiger partial charge is 0.289 e. The Balaban J connectivity index is 2.53. The molecule has 2 aromatic rings. The van der Waals surface area contributed by atoms with Gasteiger partial charge in [-0.05, 0) is 31.5 Å². The van der Waals surface area contributed by atoms with E-state index in [0.717, 1.165) is 23.3 Å². The van der Waals surface area contributed by atoms with Crippen LogP contribution in [-0.2, 0) is 0 Å². The first-order chi connectivity index (χ1) is 8.90. The van der Waals surface area contributed by atoms with Gasteiger partial charge in [0.2, 0.25) is 0 Å². The van der Waals surface area contributed by atoms with Crippen LogP contribution in [0.15, 0.2) is 30.3 Å². The maximum Gasteiger partial charge on any atom is 0.194 e. The summed E-state index contributed by atoms with van der Waals surface area (Å²) in [5.74, 6) is -2.57. The lowest BCUT2D eigenvalue weighted by Crippen LogP contribution is -2.06. The maximum atomic E-state index is 13.2. The summed E-state index contributed by atoms with van der Waals surface area (Å²) in [4.78, 5) is 12.3. The van der Waals surface area contributed by atoms with Gasteiger partial charge in [-0.3, -0.25) is 4.79 Å². The number of carbonyl (C=O) groups excluding carboxylic acids is 1. The average Bonchev–Trinajstić information content (AvgIpc) is 2.33. The van der Waals surface area contributed by atoms with Gasteiger partial charge in [0.1, 0.15) is 0 Å². The monoisotopic (exact) mass is 280 g/mol. The summed E-state index contributed by atoms with van der Waals surface area (Å²) >= 11 is 5.80. The third-order valence-corrected chi connectivity index (χ3v) is 3.19. The molecule has 19 heavy (non-hydrogen) atoms. The molecule has 4 heteroatoms. The first-order valence-corrected chi connectivity index (χ1v) is 6.04. The van der Waals surface area contributed by atoms with Crippen molar-refractivity contribution < 1.29 is 13.6 Å². The Morgan fingerprint density at radius 2 is 1.63 bits per heavy atom. The Morgan fingerprint density at radius 1 is 1.00 bits per heavy atom. The van der Waals surface area contributed by atoms with Crippen molar-refractivity contribution in [1.29, 1.82) is 0 Å². The van der Waals surface area contributed by atoms with Gasteiger partial charge in [0.15, 0.2) is 17.4 Å². The van der Waals surface area contributed by atoms with Crippen LogP contribution >= 0.6 is 11.6 Å². The second kappa shape index (κ2) is 5.10. The minimum atomic E-state index is -1.09. The van der Waals surface area contributed by atoms with E-state index in [-0.39, 0.29) is 10.6 Å². The molecule has 98 valence electrons. The topological polar surface area (TPSA) is 17.1 Å². The Morgan fingerprint density at radius 3 is 2.26 bits per heavy atom. The van der Waals surface area contributed by atoms with Gasteiger partial charge >= 0.3 is 0 Å². The summed E-state index contributed by atoms with van der Waals surface area (Å²) in [5, 5.41) is -0.0936. The quantitative estimate of drug-likeness (QED) is 0.586. The second-order valence-corrected chi connectivity index (χ2v) is 4.80. The molecule has 0 saturated heterocycles. The average molecular weight is 281 g/mol. The van der Waals surface area contributed by atoms with Gasteiger partial charge in [-0.2, -0.15) is 0 Å². The summed E-state index contributed by atoms with van der Waals surface area (Å²) in [6, 6.07) is 6.94. The highest BCUT2D eigenvalue weighted by atomic mass is 35.5. The summed E-state index contributed by atoms with van der Waals surface area (Å²) in [5.41, 5.74) is 2.18. The van der Waals surface area contributed by atoms with Gasteiger partial charge in [-0.1, -0.05) is 35.4 Å². The molecule has 0 N–H and O–H groups in total. The highest BCUT2D eigenvalue weighted by Gasteiger charge is 2.18. The third-order valence-electron chi connectivity index (χ3n) is 2.88. The summed E-state index contributed by atoms with van der Waals surface area (Å²) in [6.07, 6.45) is 0. The molecule has 0 fully saturated rings. The number of halogens is 3. The van der Waals surface area contributed by atoms with E-state index in [1.165, 1.54) is 0 Å². The molecule has 2 rings (SSSR count). The van der Waals surface area contributed by atoms with Gasteiger partial charge in [-0.15, -0.1) is 0 Å². The standard InChI is InChI=1S/C15H11ClF2O/c1-8-3-4-10(9(2)5-8)15(19)11-6-13(17)14(18)7-12(11)16/h3-7H,1-2H3. The zero-order chi connectivity index (χ0) is 14.2. The van der Waals surface area contributed by atoms with Crippen LogP contribution in [0.1, 0.15) is 27.0 Å². The van der Waals surface area contributed by atoms with Crippen LogP contribution in [0.2, 0.25) is 5.02 Å².